The Bertz CT molecular complexity index is 1940. The number of alkyl halides is 6. The largest absolute Gasteiger partial charge is 0.416 e. The van der Waals surface area contributed by atoms with Crippen molar-refractivity contribution in [3.63, 3.8) is 0 Å². The first-order chi connectivity index (χ1) is 29.2. The first kappa shape index (κ1) is 51.9. The predicted octanol–water partition coefficient (Wildman–Crippen LogP) is 8.57. The molecule has 1 aromatic heterocycles. The lowest BCUT2D eigenvalue weighted by molar-refractivity contribution is -0.138. The Labute approximate surface area is 365 Å². The van der Waals surface area contributed by atoms with Crippen LogP contribution < -0.4 is 17.2 Å². The van der Waals surface area contributed by atoms with Gasteiger partial charge in [-0.05, 0) is 91.6 Å². The maximum absolute atomic E-state index is 14.2. The van der Waals surface area contributed by atoms with Crippen molar-refractivity contribution in [2.24, 2.45) is 17.2 Å². The van der Waals surface area contributed by atoms with Gasteiger partial charge in [0.05, 0.1) is 17.0 Å². The molecule has 11 nitrogen and oxygen atoms in total. The molecule has 1 heterocycles. The number of rotatable bonds is 28. The zero-order valence-electron chi connectivity index (χ0n) is 34.5. The minimum absolute atomic E-state index is 0.0174. The standard InChI is InChI=1S/C43H53F6N7O4S2/c1-26(52)8-4-2-5-9-33(57)20-27-16-31(42(44,45)46)18-29(40(27)61-14-12-50)22-37(59)35-24-36(56-25-55-35)38(60)23-30-19-32(43(47,48)49)17-28(41(30)62-15-13-51)21-34(58)10-6-3-7-11-39(53)54/h16-19,24-25,52H,2-15,20-23,50-51H2,1H3,(H3,53,54). The molecule has 0 radical (unpaired) electrons. The van der Waals surface area contributed by atoms with Gasteiger partial charge in [0.1, 0.15) is 29.3 Å². The van der Waals surface area contributed by atoms with Gasteiger partial charge in [0, 0.05) is 85.0 Å². The van der Waals surface area contributed by atoms with Crippen LogP contribution in [0.25, 0.3) is 0 Å². The van der Waals surface area contributed by atoms with E-state index in [-0.39, 0.29) is 106 Å². The van der Waals surface area contributed by atoms with Crippen molar-refractivity contribution in [3.8, 4) is 0 Å². The number of hydrogen-bond acceptors (Lipinski definition) is 12. The van der Waals surface area contributed by atoms with Gasteiger partial charge < -0.3 is 22.6 Å². The topological polar surface area (TPSA) is 220 Å². The number of nitrogens with two attached hydrogens (primary N) is 3. The molecular weight excluding hydrogens is 857 g/mol. The van der Waals surface area contributed by atoms with E-state index < -0.39 is 47.9 Å². The minimum atomic E-state index is -4.83. The van der Waals surface area contributed by atoms with Gasteiger partial charge in [-0.25, -0.2) is 9.97 Å². The van der Waals surface area contributed by atoms with Gasteiger partial charge in [0.25, 0.3) is 0 Å². The van der Waals surface area contributed by atoms with Crippen molar-refractivity contribution in [1.82, 2.24) is 9.97 Å². The average molecular weight is 910 g/mol. The normalized spacial score (nSPS) is 11.8. The molecule has 62 heavy (non-hydrogen) atoms. The highest BCUT2D eigenvalue weighted by atomic mass is 32.2. The third-order valence-electron chi connectivity index (χ3n) is 9.49. The minimum Gasteiger partial charge on any atom is -0.388 e. The van der Waals surface area contributed by atoms with Crippen LogP contribution in [0.15, 0.2) is 46.5 Å². The fourth-order valence-corrected chi connectivity index (χ4v) is 8.46. The van der Waals surface area contributed by atoms with E-state index in [0.717, 1.165) is 60.2 Å². The summed E-state index contributed by atoms with van der Waals surface area (Å²) in [4.78, 5) is 62.0. The monoisotopic (exact) mass is 909 g/mol. The van der Waals surface area contributed by atoms with Crippen molar-refractivity contribution < 1.29 is 45.5 Å². The van der Waals surface area contributed by atoms with E-state index in [9.17, 15) is 45.5 Å². The van der Waals surface area contributed by atoms with Gasteiger partial charge >= 0.3 is 12.4 Å². The molecule has 338 valence electrons. The van der Waals surface area contributed by atoms with E-state index in [1.54, 1.807) is 6.92 Å². The molecule has 0 atom stereocenters. The smallest absolute Gasteiger partial charge is 0.388 e. The summed E-state index contributed by atoms with van der Waals surface area (Å²) in [6.07, 6.45) is -5.93. The van der Waals surface area contributed by atoms with E-state index in [2.05, 4.69) is 9.97 Å². The highest BCUT2D eigenvalue weighted by Crippen LogP contribution is 2.38. The van der Waals surface area contributed by atoms with Crippen molar-refractivity contribution >= 4 is 58.2 Å². The molecule has 19 heteroatoms. The van der Waals surface area contributed by atoms with E-state index in [1.165, 1.54) is 0 Å². The summed E-state index contributed by atoms with van der Waals surface area (Å²) in [5, 5.41) is 14.9. The van der Waals surface area contributed by atoms with Crippen LogP contribution in [0.2, 0.25) is 0 Å². The first-order valence-electron chi connectivity index (χ1n) is 20.1. The number of carbonyl (C=O) groups is 4. The van der Waals surface area contributed by atoms with Gasteiger partial charge in [-0.1, -0.05) is 12.8 Å². The number of benzene rings is 2. The second-order valence-electron chi connectivity index (χ2n) is 14.9. The molecule has 3 rings (SSSR count). The maximum atomic E-state index is 14.2. The first-order valence-corrected chi connectivity index (χ1v) is 22.1. The number of halogens is 6. The molecule has 3 aromatic rings. The Hall–Kier alpha value is -4.46. The van der Waals surface area contributed by atoms with Crippen LogP contribution in [-0.2, 0) is 47.6 Å². The quantitative estimate of drug-likeness (QED) is 0.0116. The lowest BCUT2D eigenvalue weighted by Crippen LogP contribution is -2.16. The number of unbranched alkanes of at least 4 members (excludes halogenated alkanes) is 4. The predicted molar refractivity (Wildman–Crippen MR) is 229 cm³/mol. The molecular formula is C43H53F6N7O4S2. The average Bonchev–Trinajstić information content (AvgIpc) is 3.18. The summed E-state index contributed by atoms with van der Waals surface area (Å²) in [5.74, 6) is -1.63. The van der Waals surface area contributed by atoms with Crippen LogP contribution >= 0.6 is 23.5 Å². The number of hydrogen-bond donors (Lipinski definition) is 5. The number of nitrogens with zero attached hydrogens (tertiary/aromatic N) is 2. The Morgan fingerprint density at radius 3 is 1.31 bits per heavy atom. The molecule has 0 fully saturated rings. The molecule has 0 unspecified atom stereocenters. The number of aromatic nitrogens is 2. The summed E-state index contributed by atoms with van der Waals surface area (Å²) in [5.41, 5.74) is 14.7. The molecule has 0 aliphatic heterocycles. The highest BCUT2D eigenvalue weighted by molar-refractivity contribution is 7.99. The Kier molecular flexibility index (Phi) is 20.9. The molecule has 0 aliphatic carbocycles. The van der Waals surface area contributed by atoms with E-state index in [0.29, 0.717) is 62.0 Å². The van der Waals surface area contributed by atoms with Gasteiger partial charge in [0.2, 0.25) is 0 Å². The highest BCUT2D eigenvalue weighted by Gasteiger charge is 2.34. The third kappa shape index (κ3) is 17.4. The number of amidine groups is 1. The Morgan fingerprint density at radius 2 is 0.952 bits per heavy atom. The summed E-state index contributed by atoms with van der Waals surface area (Å²) >= 11 is 2.21. The zero-order valence-corrected chi connectivity index (χ0v) is 36.2. The number of carbonyl (C=O) groups excluding carboxylic acids is 4. The van der Waals surface area contributed by atoms with E-state index >= 15 is 0 Å². The second kappa shape index (κ2) is 25.0. The fraction of sp³-hybridized carbons (Fsp3) is 0.488. The molecule has 0 saturated heterocycles. The Balaban J connectivity index is 1.94. The molecule has 8 N–H and O–H groups in total. The number of thioether (sulfide) groups is 2. The molecule has 0 spiro atoms. The summed E-state index contributed by atoms with van der Waals surface area (Å²) in [6.45, 7) is 1.97. The lowest BCUT2D eigenvalue weighted by atomic mass is 9.95. The van der Waals surface area contributed by atoms with Gasteiger partial charge in [-0.3, -0.25) is 24.6 Å². The van der Waals surface area contributed by atoms with Crippen LogP contribution in [0.1, 0.15) is 125 Å². The molecule has 0 aliphatic rings. The molecule has 2 aromatic carbocycles. The molecule has 0 saturated carbocycles. The summed E-state index contributed by atoms with van der Waals surface area (Å²) in [7, 11) is 0. The zero-order chi connectivity index (χ0) is 46.0. The van der Waals surface area contributed by atoms with Crippen LogP contribution in [0.3, 0.4) is 0 Å². The Morgan fingerprint density at radius 1 is 0.581 bits per heavy atom. The van der Waals surface area contributed by atoms with E-state index in [4.69, 9.17) is 28.0 Å². The van der Waals surface area contributed by atoms with Crippen LogP contribution in [0, 0.1) is 10.8 Å². The summed E-state index contributed by atoms with van der Waals surface area (Å²) in [6, 6.07) is 4.49. The van der Waals surface area contributed by atoms with Gasteiger partial charge in [-0.15, -0.1) is 23.5 Å². The van der Waals surface area contributed by atoms with Crippen LogP contribution in [-0.4, -0.2) is 69.2 Å². The van der Waals surface area contributed by atoms with Gasteiger partial charge in [0.15, 0.2) is 11.6 Å². The van der Waals surface area contributed by atoms with Crippen LogP contribution in [0.5, 0.6) is 0 Å². The summed E-state index contributed by atoms with van der Waals surface area (Å²) < 4.78 is 85.2. The third-order valence-corrected chi connectivity index (χ3v) is 12.0. The van der Waals surface area contributed by atoms with Crippen LogP contribution in [0.4, 0.5) is 26.3 Å². The maximum Gasteiger partial charge on any atom is 0.416 e. The molecule has 0 amide bonds. The second-order valence-corrected chi connectivity index (χ2v) is 17.1. The number of Topliss-reactive ketones (excluding diaryl/α,β-unsaturated/α-hetero) is 4. The van der Waals surface area contributed by atoms with Crippen molar-refractivity contribution in [1.29, 1.82) is 10.8 Å². The van der Waals surface area contributed by atoms with Crippen molar-refractivity contribution in [2.45, 2.75) is 119 Å². The van der Waals surface area contributed by atoms with Gasteiger partial charge in [-0.2, -0.15) is 26.3 Å². The molecule has 0 bridgehead atoms. The number of ketones is 4. The number of nitrogens with one attached hydrogen (secondary N) is 2. The fourth-order valence-electron chi connectivity index (χ4n) is 6.55. The van der Waals surface area contributed by atoms with Crippen molar-refractivity contribution in [2.75, 3.05) is 24.6 Å². The van der Waals surface area contributed by atoms with Crippen molar-refractivity contribution in [3.05, 3.63) is 81.4 Å². The van der Waals surface area contributed by atoms with E-state index in [1.807, 2.05) is 0 Å². The SMILES string of the molecule is CC(=N)CCCCCC(=O)Cc1cc(C(F)(F)F)cc(CC(=O)c2cc(C(=O)Cc3cc(C(F)(F)F)cc(CC(=O)CCCCCC(=N)N)c3SCCN)ncn2)c1SCCN. The lowest BCUT2D eigenvalue weighted by Gasteiger charge is -2.18.